The van der Waals surface area contributed by atoms with Crippen LogP contribution in [-0.2, 0) is 15.8 Å². The van der Waals surface area contributed by atoms with Crippen LogP contribution in [0.5, 0.6) is 0 Å². The van der Waals surface area contributed by atoms with E-state index in [2.05, 4.69) is 10.6 Å². The van der Waals surface area contributed by atoms with Crippen molar-refractivity contribution in [3.63, 3.8) is 0 Å². The average Bonchev–Trinajstić information content (AvgIpc) is 2.48. The number of carbonyl (C=O) groups excluding carboxylic acids is 2. The highest BCUT2D eigenvalue weighted by molar-refractivity contribution is 8.00. The molecule has 0 fully saturated rings. The topological polar surface area (TPSA) is 58.2 Å². The summed E-state index contributed by atoms with van der Waals surface area (Å²) in [5.41, 5.74) is -0.941. The van der Waals surface area contributed by atoms with Crippen molar-refractivity contribution in [3.8, 4) is 0 Å². The summed E-state index contributed by atoms with van der Waals surface area (Å²) in [6, 6.07) is 3.44. The maximum atomic E-state index is 12.7. The van der Waals surface area contributed by atoms with Crippen LogP contribution in [0.4, 0.5) is 13.2 Å². The smallest absolute Gasteiger partial charge is 0.355 e. The predicted octanol–water partition coefficient (Wildman–Crippen LogP) is 3.09. The van der Waals surface area contributed by atoms with Gasteiger partial charge in [-0.25, -0.2) is 0 Å². The second-order valence-electron chi connectivity index (χ2n) is 4.55. The van der Waals surface area contributed by atoms with E-state index in [1.54, 1.807) is 0 Å². The molecule has 0 saturated carbocycles. The van der Waals surface area contributed by atoms with E-state index in [1.165, 1.54) is 6.07 Å². The normalized spacial score (nSPS) is 11.2. The molecular formula is C14H16ClF3N2O2S. The van der Waals surface area contributed by atoms with Crippen LogP contribution in [0, 0.1) is 0 Å². The van der Waals surface area contributed by atoms with Gasteiger partial charge in [-0.2, -0.15) is 13.2 Å². The van der Waals surface area contributed by atoms with E-state index in [9.17, 15) is 22.8 Å². The number of nitrogens with one attached hydrogen (secondary N) is 2. The van der Waals surface area contributed by atoms with Gasteiger partial charge in [0.05, 0.1) is 22.9 Å². The Kier molecular flexibility index (Phi) is 7.70. The van der Waals surface area contributed by atoms with Crippen LogP contribution in [0.2, 0.25) is 5.02 Å². The Morgan fingerprint density at radius 2 is 1.91 bits per heavy atom. The number of hydrogen-bond acceptors (Lipinski definition) is 3. The number of carbonyl (C=O) groups is 2. The van der Waals surface area contributed by atoms with Crippen molar-refractivity contribution >= 4 is 35.2 Å². The molecule has 9 heteroatoms. The van der Waals surface area contributed by atoms with Gasteiger partial charge in [-0.3, -0.25) is 9.59 Å². The Morgan fingerprint density at radius 1 is 1.22 bits per heavy atom. The van der Waals surface area contributed by atoms with E-state index in [0.29, 0.717) is 6.54 Å². The Balaban J connectivity index is 2.49. The Labute approximate surface area is 141 Å². The molecule has 1 aromatic carbocycles. The third kappa shape index (κ3) is 7.13. The zero-order valence-corrected chi connectivity index (χ0v) is 13.9. The van der Waals surface area contributed by atoms with Crippen molar-refractivity contribution in [2.45, 2.75) is 24.4 Å². The Hall–Kier alpha value is -1.41. The highest BCUT2D eigenvalue weighted by atomic mass is 35.5. The van der Waals surface area contributed by atoms with Crippen molar-refractivity contribution in [3.05, 3.63) is 28.8 Å². The van der Waals surface area contributed by atoms with Gasteiger partial charge in [-0.05, 0) is 24.6 Å². The van der Waals surface area contributed by atoms with Crippen molar-refractivity contribution in [1.29, 1.82) is 0 Å². The first-order valence-corrected chi connectivity index (χ1v) is 8.13. The molecule has 4 nitrogen and oxygen atoms in total. The first-order valence-electron chi connectivity index (χ1n) is 6.77. The summed E-state index contributed by atoms with van der Waals surface area (Å²) in [6.45, 7) is 2.26. The molecule has 0 aliphatic rings. The van der Waals surface area contributed by atoms with E-state index >= 15 is 0 Å². The van der Waals surface area contributed by atoms with Gasteiger partial charge >= 0.3 is 6.18 Å². The minimum absolute atomic E-state index is 0.0972. The first kappa shape index (κ1) is 19.6. The third-order valence-corrected chi connectivity index (χ3v) is 3.95. The van der Waals surface area contributed by atoms with Gasteiger partial charge in [-0.15, -0.1) is 11.8 Å². The Morgan fingerprint density at radius 3 is 2.52 bits per heavy atom. The average molecular weight is 369 g/mol. The number of hydrogen-bond donors (Lipinski definition) is 2. The van der Waals surface area contributed by atoms with Gasteiger partial charge in [0.25, 0.3) is 0 Å². The number of alkyl halides is 3. The zero-order valence-electron chi connectivity index (χ0n) is 12.3. The zero-order chi connectivity index (χ0) is 17.5. The summed E-state index contributed by atoms with van der Waals surface area (Å²) < 4.78 is 38.2. The van der Waals surface area contributed by atoms with Crippen LogP contribution in [0.1, 0.15) is 18.9 Å². The largest absolute Gasteiger partial charge is 0.417 e. The van der Waals surface area contributed by atoms with Gasteiger partial charge in [0.15, 0.2) is 0 Å². The summed E-state index contributed by atoms with van der Waals surface area (Å²) in [6.07, 6.45) is -3.76. The molecule has 23 heavy (non-hydrogen) atoms. The molecule has 0 atom stereocenters. The highest BCUT2D eigenvalue weighted by Crippen LogP contribution is 2.36. The Bertz CT molecular complexity index is 567. The van der Waals surface area contributed by atoms with Crippen LogP contribution in [0.15, 0.2) is 23.1 Å². The minimum atomic E-state index is -4.55. The third-order valence-electron chi connectivity index (χ3n) is 2.63. The quantitative estimate of drug-likeness (QED) is 0.727. The van der Waals surface area contributed by atoms with Crippen LogP contribution >= 0.6 is 23.4 Å². The molecule has 1 rings (SSSR count). The van der Waals surface area contributed by atoms with Gasteiger partial charge in [-0.1, -0.05) is 18.5 Å². The molecule has 0 saturated heterocycles. The second kappa shape index (κ2) is 9.02. The van der Waals surface area contributed by atoms with Crippen LogP contribution in [-0.4, -0.2) is 30.7 Å². The lowest BCUT2D eigenvalue weighted by Gasteiger charge is -2.11. The maximum Gasteiger partial charge on any atom is 0.417 e. The molecule has 2 amide bonds. The molecule has 0 aliphatic carbocycles. The summed E-state index contributed by atoms with van der Waals surface area (Å²) in [5, 5.41) is 4.60. The number of halogens is 4. The lowest BCUT2D eigenvalue weighted by atomic mass is 10.2. The summed E-state index contributed by atoms with van der Waals surface area (Å²) >= 11 is 6.45. The fourth-order valence-corrected chi connectivity index (χ4v) is 2.51. The summed E-state index contributed by atoms with van der Waals surface area (Å²) in [4.78, 5) is 23.2. The van der Waals surface area contributed by atoms with Crippen molar-refractivity contribution in [2.75, 3.05) is 18.8 Å². The van der Waals surface area contributed by atoms with Gasteiger partial charge < -0.3 is 10.6 Å². The van der Waals surface area contributed by atoms with Gasteiger partial charge in [0.1, 0.15) is 0 Å². The number of benzene rings is 1. The SMILES string of the molecule is CCCNC(=O)CNC(=O)CSc1ccc(Cl)c(C(F)(F)F)c1. The molecule has 0 radical (unpaired) electrons. The first-order chi connectivity index (χ1) is 10.7. The molecule has 0 bridgehead atoms. The second-order valence-corrected chi connectivity index (χ2v) is 6.01. The number of rotatable bonds is 7. The van der Waals surface area contributed by atoms with Crippen molar-refractivity contribution in [1.82, 2.24) is 10.6 Å². The highest BCUT2D eigenvalue weighted by Gasteiger charge is 2.33. The fourth-order valence-electron chi connectivity index (χ4n) is 1.52. The lowest BCUT2D eigenvalue weighted by Crippen LogP contribution is -2.37. The van der Waals surface area contributed by atoms with Gasteiger partial charge in [0, 0.05) is 11.4 Å². The van der Waals surface area contributed by atoms with Gasteiger partial charge in [0.2, 0.25) is 11.8 Å². The van der Waals surface area contributed by atoms with Crippen molar-refractivity contribution < 1.29 is 22.8 Å². The van der Waals surface area contributed by atoms with Crippen LogP contribution in [0.25, 0.3) is 0 Å². The summed E-state index contributed by atoms with van der Waals surface area (Å²) in [7, 11) is 0. The lowest BCUT2D eigenvalue weighted by molar-refractivity contribution is -0.137. The van der Waals surface area contributed by atoms with Crippen LogP contribution in [0.3, 0.4) is 0 Å². The molecule has 2 N–H and O–H groups in total. The molecular weight excluding hydrogens is 353 g/mol. The van der Waals surface area contributed by atoms with E-state index in [1.807, 2.05) is 6.92 Å². The van der Waals surface area contributed by atoms with E-state index in [-0.39, 0.29) is 28.1 Å². The van der Waals surface area contributed by atoms with Crippen LogP contribution < -0.4 is 10.6 Å². The molecule has 0 aromatic heterocycles. The molecule has 0 unspecified atom stereocenters. The standard InChI is InChI=1S/C14H16ClF3N2O2S/c1-2-5-19-12(21)7-20-13(22)8-23-9-3-4-11(15)10(6-9)14(16,17)18/h3-4,6H,2,5,7-8H2,1H3,(H,19,21)(H,20,22). The van der Waals surface area contributed by atoms with Crippen molar-refractivity contribution in [2.24, 2.45) is 0 Å². The van der Waals surface area contributed by atoms with E-state index in [0.717, 1.165) is 30.3 Å². The predicted molar refractivity (Wildman–Crippen MR) is 83.5 cm³/mol. The maximum absolute atomic E-state index is 12.7. The van der Waals surface area contributed by atoms with E-state index < -0.39 is 17.6 Å². The van der Waals surface area contributed by atoms with E-state index in [4.69, 9.17) is 11.6 Å². The molecule has 0 aliphatic heterocycles. The number of amides is 2. The monoisotopic (exact) mass is 368 g/mol. The number of thioether (sulfide) groups is 1. The minimum Gasteiger partial charge on any atom is -0.355 e. The molecule has 0 heterocycles. The molecule has 0 spiro atoms. The molecule has 1 aromatic rings. The summed E-state index contributed by atoms with van der Waals surface area (Å²) in [5.74, 6) is -0.846. The molecule has 128 valence electrons. The fraction of sp³-hybridized carbons (Fsp3) is 0.429.